The molecule has 0 aliphatic heterocycles. The fourth-order valence-corrected chi connectivity index (χ4v) is 3.35. The molecule has 1 aromatic rings. The smallest absolute Gasteiger partial charge is 0.261 e. The van der Waals surface area contributed by atoms with E-state index in [0.29, 0.717) is 6.04 Å². The molecule has 1 atom stereocenters. The van der Waals surface area contributed by atoms with Crippen LogP contribution in [0.4, 0.5) is 0 Å². The van der Waals surface area contributed by atoms with Gasteiger partial charge >= 0.3 is 0 Å². The van der Waals surface area contributed by atoms with Crippen LogP contribution in [0.5, 0.6) is 0 Å². The van der Waals surface area contributed by atoms with Crippen molar-refractivity contribution in [1.29, 1.82) is 0 Å². The maximum atomic E-state index is 12.1. The monoisotopic (exact) mass is 331 g/mol. The molecule has 1 rings (SSSR count). The van der Waals surface area contributed by atoms with Gasteiger partial charge in [0, 0.05) is 6.04 Å². The third kappa shape index (κ3) is 4.73. The summed E-state index contributed by atoms with van der Waals surface area (Å²) in [4.78, 5) is 12.9. The van der Waals surface area contributed by atoms with Gasteiger partial charge in [0.05, 0.1) is 8.66 Å². The lowest BCUT2D eigenvalue weighted by Gasteiger charge is -2.17. The zero-order valence-electron chi connectivity index (χ0n) is 11.4. The van der Waals surface area contributed by atoms with Gasteiger partial charge in [0.1, 0.15) is 0 Å². The molecule has 0 aromatic carbocycles. The first-order valence-corrected chi connectivity index (χ1v) is 8.26. The van der Waals surface area contributed by atoms with Crippen LogP contribution in [-0.4, -0.2) is 11.9 Å². The molecule has 2 nitrogen and oxygen atoms in total. The van der Waals surface area contributed by atoms with Gasteiger partial charge in [0.15, 0.2) is 0 Å². The molecule has 0 saturated carbocycles. The number of aryl methyl sites for hydroxylation is 1. The van der Waals surface area contributed by atoms with Crippen molar-refractivity contribution in [3.63, 3.8) is 0 Å². The number of nitrogens with one attached hydrogen (secondary N) is 1. The normalized spacial score (nSPS) is 12.4. The minimum atomic E-state index is 0.0725. The summed E-state index contributed by atoms with van der Waals surface area (Å²) in [6, 6.07) is 2.27. The Kier molecular flexibility index (Phi) is 6.94. The molecule has 1 unspecified atom stereocenters. The Morgan fingerprint density at radius 3 is 2.61 bits per heavy atom. The quantitative estimate of drug-likeness (QED) is 0.755. The zero-order valence-corrected chi connectivity index (χ0v) is 13.8. The van der Waals surface area contributed by atoms with Gasteiger partial charge < -0.3 is 5.32 Å². The predicted molar refractivity (Wildman–Crippen MR) is 82.4 cm³/mol. The van der Waals surface area contributed by atoms with Crippen molar-refractivity contribution in [1.82, 2.24) is 5.32 Å². The Morgan fingerprint density at radius 2 is 2.11 bits per heavy atom. The van der Waals surface area contributed by atoms with E-state index in [4.69, 9.17) is 0 Å². The van der Waals surface area contributed by atoms with Crippen LogP contribution < -0.4 is 5.32 Å². The van der Waals surface area contributed by atoms with E-state index < -0.39 is 0 Å². The van der Waals surface area contributed by atoms with E-state index in [0.717, 1.165) is 33.5 Å². The molecule has 0 radical (unpaired) electrons. The first-order chi connectivity index (χ1) is 8.58. The lowest BCUT2D eigenvalue weighted by atomic mass is 10.1. The van der Waals surface area contributed by atoms with E-state index in [-0.39, 0.29) is 5.91 Å². The first kappa shape index (κ1) is 15.7. The van der Waals surface area contributed by atoms with Gasteiger partial charge in [-0.05, 0) is 47.3 Å². The van der Waals surface area contributed by atoms with Crippen LogP contribution in [0.15, 0.2) is 9.85 Å². The molecular weight excluding hydrogens is 310 g/mol. The molecule has 0 bridgehead atoms. The number of hydrogen-bond donors (Lipinski definition) is 1. The molecule has 1 amide bonds. The molecular formula is C14H22BrNOS. The van der Waals surface area contributed by atoms with E-state index in [2.05, 4.69) is 35.1 Å². The minimum absolute atomic E-state index is 0.0725. The highest BCUT2D eigenvalue weighted by molar-refractivity contribution is 9.11. The van der Waals surface area contributed by atoms with Gasteiger partial charge in [-0.1, -0.05) is 33.1 Å². The molecule has 1 heterocycles. The van der Waals surface area contributed by atoms with Crippen LogP contribution in [0.25, 0.3) is 0 Å². The Morgan fingerprint density at radius 1 is 1.39 bits per heavy atom. The molecule has 0 spiro atoms. The number of carbonyl (C=O) groups is 1. The second-order valence-electron chi connectivity index (χ2n) is 4.67. The lowest BCUT2D eigenvalue weighted by molar-refractivity contribution is 0.0936. The minimum Gasteiger partial charge on any atom is -0.349 e. The fourth-order valence-electron chi connectivity index (χ4n) is 1.92. The van der Waals surface area contributed by atoms with Crippen LogP contribution >= 0.6 is 27.3 Å². The van der Waals surface area contributed by atoms with Gasteiger partial charge in [-0.25, -0.2) is 0 Å². The lowest BCUT2D eigenvalue weighted by Crippen LogP contribution is -2.34. The van der Waals surface area contributed by atoms with Crippen LogP contribution in [0.2, 0.25) is 0 Å². The van der Waals surface area contributed by atoms with Crippen molar-refractivity contribution in [2.24, 2.45) is 0 Å². The average Bonchev–Trinajstić information content (AvgIpc) is 2.67. The van der Waals surface area contributed by atoms with Gasteiger partial charge in [-0.2, -0.15) is 0 Å². The van der Waals surface area contributed by atoms with E-state index in [1.54, 1.807) is 0 Å². The predicted octanol–water partition coefficient (Wildman–Crippen LogP) is 4.91. The van der Waals surface area contributed by atoms with E-state index in [9.17, 15) is 4.79 Å². The number of halogens is 1. The summed E-state index contributed by atoms with van der Waals surface area (Å²) >= 11 is 4.97. The third-order valence-corrected chi connectivity index (χ3v) is 5.09. The molecule has 1 aromatic heterocycles. The van der Waals surface area contributed by atoms with Crippen LogP contribution in [0, 0.1) is 6.92 Å². The Hall–Kier alpha value is -0.350. The molecule has 0 aliphatic rings. The molecule has 4 heteroatoms. The zero-order chi connectivity index (χ0) is 13.5. The van der Waals surface area contributed by atoms with Gasteiger partial charge in [0.2, 0.25) is 0 Å². The molecule has 1 N–H and O–H groups in total. The number of thiophene rings is 1. The Bertz CT molecular complexity index is 370. The first-order valence-electron chi connectivity index (χ1n) is 6.65. The average molecular weight is 332 g/mol. The maximum Gasteiger partial charge on any atom is 0.261 e. The van der Waals surface area contributed by atoms with E-state index >= 15 is 0 Å². The summed E-state index contributed by atoms with van der Waals surface area (Å²) in [6.07, 6.45) is 5.62. The number of carbonyl (C=O) groups excluding carboxylic acids is 1. The number of unbranched alkanes of at least 4 members (excludes halogenated alkanes) is 1. The maximum absolute atomic E-state index is 12.1. The fraction of sp³-hybridized carbons (Fsp3) is 0.643. The number of rotatable bonds is 7. The van der Waals surface area contributed by atoms with Crippen LogP contribution in [-0.2, 0) is 0 Å². The largest absolute Gasteiger partial charge is 0.349 e. The van der Waals surface area contributed by atoms with Gasteiger partial charge in [-0.15, -0.1) is 11.3 Å². The summed E-state index contributed by atoms with van der Waals surface area (Å²) in [5.41, 5.74) is 1.13. The van der Waals surface area contributed by atoms with Crippen molar-refractivity contribution in [2.45, 2.75) is 58.9 Å². The molecule has 0 fully saturated rings. The van der Waals surface area contributed by atoms with Gasteiger partial charge in [0.25, 0.3) is 5.91 Å². The van der Waals surface area contributed by atoms with Crippen LogP contribution in [0.3, 0.4) is 0 Å². The van der Waals surface area contributed by atoms with Crippen molar-refractivity contribution < 1.29 is 4.79 Å². The highest BCUT2D eigenvalue weighted by atomic mass is 79.9. The Balaban J connectivity index is 2.59. The highest BCUT2D eigenvalue weighted by Crippen LogP contribution is 2.27. The molecule has 0 aliphatic carbocycles. The molecule has 0 saturated heterocycles. The van der Waals surface area contributed by atoms with Crippen molar-refractivity contribution in [3.05, 3.63) is 20.3 Å². The third-order valence-electron chi connectivity index (χ3n) is 2.96. The van der Waals surface area contributed by atoms with E-state index in [1.165, 1.54) is 24.2 Å². The van der Waals surface area contributed by atoms with Gasteiger partial charge in [-0.3, -0.25) is 4.79 Å². The summed E-state index contributed by atoms with van der Waals surface area (Å²) in [7, 11) is 0. The SMILES string of the molecule is CCCCC(CCC)NC(=O)c1cc(C)c(Br)s1. The number of amides is 1. The highest BCUT2D eigenvalue weighted by Gasteiger charge is 2.15. The molecule has 102 valence electrons. The second-order valence-corrected chi connectivity index (χ2v) is 7.04. The standard InChI is InChI=1S/C14H22BrNOS/c1-4-6-8-11(7-5-2)16-14(17)12-9-10(3)13(15)18-12/h9,11H,4-8H2,1-3H3,(H,16,17). The Labute approximate surface area is 122 Å². The topological polar surface area (TPSA) is 29.1 Å². The van der Waals surface area contributed by atoms with E-state index in [1.807, 2.05) is 13.0 Å². The summed E-state index contributed by atoms with van der Waals surface area (Å²) in [5, 5.41) is 3.16. The second kappa shape index (κ2) is 7.95. The summed E-state index contributed by atoms with van der Waals surface area (Å²) in [5.74, 6) is 0.0725. The van der Waals surface area contributed by atoms with Crippen molar-refractivity contribution in [2.75, 3.05) is 0 Å². The van der Waals surface area contributed by atoms with Crippen molar-refractivity contribution in [3.8, 4) is 0 Å². The molecule has 18 heavy (non-hydrogen) atoms. The number of hydrogen-bond acceptors (Lipinski definition) is 2. The van der Waals surface area contributed by atoms with Crippen LogP contribution in [0.1, 0.15) is 61.2 Å². The summed E-state index contributed by atoms with van der Waals surface area (Å²) in [6.45, 7) is 6.36. The summed E-state index contributed by atoms with van der Waals surface area (Å²) < 4.78 is 1.05. The van der Waals surface area contributed by atoms with Crippen molar-refractivity contribution >= 4 is 33.2 Å².